The maximum Gasteiger partial charge on any atom is 0.342 e. The third-order valence-corrected chi connectivity index (χ3v) is 4.26. The van der Waals surface area contributed by atoms with E-state index in [2.05, 4.69) is 0 Å². The van der Waals surface area contributed by atoms with Crippen molar-refractivity contribution >= 4 is 5.97 Å². The molecule has 0 aromatic heterocycles. The lowest BCUT2D eigenvalue weighted by Gasteiger charge is -2.13. The number of carbonyl (C=O) groups is 1. The molecule has 0 saturated carbocycles. The summed E-state index contributed by atoms with van der Waals surface area (Å²) in [5.41, 5.74) is 1.78. The number of para-hydroxylation sites is 1. The first-order chi connectivity index (χ1) is 14.1. The standard InChI is InChI=1S/C23H21FO5/c1-26-19-11-12-21(27-2)17(13-19)15-29-23(25)20-5-3-4-6-22(20)28-14-16-7-9-18(24)10-8-16/h3-13H,14-15H2,1-2H3. The third-order valence-electron chi connectivity index (χ3n) is 4.26. The van der Waals surface area contributed by atoms with Crippen LogP contribution in [0.4, 0.5) is 4.39 Å². The fraction of sp³-hybridized carbons (Fsp3) is 0.174. The molecule has 3 aromatic carbocycles. The maximum atomic E-state index is 13.0. The molecule has 5 nitrogen and oxygen atoms in total. The van der Waals surface area contributed by atoms with Crippen LogP contribution in [0.25, 0.3) is 0 Å². The minimum Gasteiger partial charge on any atom is -0.497 e. The Balaban J connectivity index is 1.69. The van der Waals surface area contributed by atoms with Crippen molar-refractivity contribution in [2.75, 3.05) is 14.2 Å². The van der Waals surface area contributed by atoms with Gasteiger partial charge in [-0.05, 0) is 48.0 Å². The van der Waals surface area contributed by atoms with Crippen molar-refractivity contribution < 1.29 is 28.1 Å². The van der Waals surface area contributed by atoms with Crippen LogP contribution in [0.15, 0.2) is 66.7 Å². The molecular weight excluding hydrogens is 375 g/mol. The molecule has 0 spiro atoms. The van der Waals surface area contributed by atoms with Gasteiger partial charge >= 0.3 is 5.97 Å². The molecule has 3 rings (SSSR count). The molecule has 0 aliphatic carbocycles. The Morgan fingerprint density at radius 2 is 1.62 bits per heavy atom. The first-order valence-corrected chi connectivity index (χ1v) is 8.95. The largest absolute Gasteiger partial charge is 0.497 e. The summed E-state index contributed by atoms with van der Waals surface area (Å²) in [6, 6.07) is 18.1. The summed E-state index contributed by atoms with van der Waals surface area (Å²) in [7, 11) is 3.11. The van der Waals surface area contributed by atoms with E-state index in [0.717, 1.165) is 5.56 Å². The van der Waals surface area contributed by atoms with Crippen molar-refractivity contribution in [3.63, 3.8) is 0 Å². The summed E-state index contributed by atoms with van der Waals surface area (Å²) in [6.45, 7) is 0.222. The number of methoxy groups -OCH3 is 2. The first kappa shape index (κ1) is 20.2. The molecule has 0 radical (unpaired) electrons. The predicted molar refractivity (Wildman–Crippen MR) is 106 cm³/mol. The van der Waals surface area contributed by atoms with Gasteiger partial charge in [-0.3, -0.25) is 0 Å². The Kier molecular flexibility index (Phi) is 6.68. The van der Waals surface area contributed by atoms with E-state index in [4.69, 9.17) is 18.9 Å². The van der Waals surface area contributed by atoms with E-state index >= 15 is 0 Å². The second kappa shape index (κ2) is 9.59. The van der Waals surface area contributed by atoms with Crippen molar-refractivity contribution in [1.82, 2.24) is 0 Å². The number of carbonyl (C=O) groups excluding carboxylic acids is 1. The summed E-state index contributed by atoms with van der Waals surface area (Å²) in [4.78, 5) is 12.6. The van der Waals surface area contributed by atoms with E-state index in [0.29, 0.717) is 28.4 Å². The molecule has 3 aromatic rings. The van der Waals surface area contributed by atoms with E-state index < -0.39 is 5.97 Å². The van der Waals surface area contributed by atoms with Crippen LogP contribution in [0.1, 0.15) is 21.5 Å². The number of esters is 1. The van der Waals surface area contributed by atoms with E-state index in [1.807, 2.05) is 0 Å². The average Bonchev–Trinajstić information content (AvgIpc) is 2.77. The fourth-order valence-corrected chi connectivity index (χ4v) is 2.72. The monoisotopic (exact) mass is 396 g/mol. The maximum absolute atomic E-state index is 13.0. The zero-order chi connectivity index (χ0) is 20.6. The highest BCUT2D eigenvalue weighted by Gasteiger charge is 2.15. The van der Waals surface area contributed by atoms with Gasteiger partial charge in [0.1, 0.15) is 41.8 Å². The highest BCUT2D eigenvalue weighted by atomic mass is 19.1. The average molecular weight is 396 g/mol. The first-order valence-electron chi connectivity index (χ1n) is 8.95. The Bertz CT molecular complexity index is 969. The number of hydrogen-bond donors (Lipinski definition) is 0. The lowest BCUT2D eigenvalue weighted by Crippen LogP contribution is -2.09. The highest BCUT2D eigenvalue weighted by Crippen LogP contribution is 2.26. The van der Waals surface area contributed by atoms with Gasteiger partial charge in [-0.15, -0.1) is 0 Å². The van der Waals surface area contributed by atoms with Gasteiger partial charge in [0.25, 0.3) is 0 Å². The molecule has 0 saturated heterocycles. The molecule has 0 unspecified atom stereocenters. The summed E-state index contributed by atoms with van der Waals surface area (Å²) in [5.74, 6) is 0.786. The number of benzene rings is 3. The summed E-state index contributed by atoms with van der Waals surface area (Å²) < 4.78 is 34.7. The van der Waals surface area contributed by atoms with Crippen LogP contribution < -0.4 is 14.2 Å². The summed E-state index contributed by atoms with van der Waals surface area (Å²) in [5, 5.41) is 0. The van der Waals surface area contributed by atoms with E-state index in [1.165, 1.54) is 12.1 Å². The van der Waals surface area contributed by atoms with Crippen LogP contribution in [-0.2, 0) is 18.0 Å². The minimum absolute atomic E-state index is 0.0193. The molecule has 0 heterocycles. The predicted octanol–water partition coefficient (Wildman–Crippen LogP) is 4.78. The van der Waals surface area contributed by atoms with E-state index in [1.54, 1.807) is 68.8 Å². The van der Waals surface area contributed by atoms with Crippen molar-refractivity contribution in [2.45, 2.75) is 13.2 Å². The van der Waals surface area contributed by atoms with E-state index in [-0.39, 0.29) is 19.0 Å². The molecule has 0 aliphatic heterocycles. The van der Waals surface area contributed by atoms with Gasteiger partial charge in [-0.2, -0.15) is 0 Å². The minimum atomic E-state index is -0.524. The Morgan fingerprint density at radius 1 is 0.862 bits per heavy atom. The normalized spacial score (nSPS) is 10.3. The van der Waals surface area contributed by atoms with Crippen LogP contribution in [0.3, 0.4) is 0 Å². The van der Waals surface area contributed by atoms with Gasteiger partial charge in [0.05, 0.1) is 14.2 Å². The Morgan fingerprint density at radius 3 is 2.34 bits per heavy atom. The van der Waals surface area contributed by atoms with Crippen molar-refractivity contribution in [3.8, 4) is 17.2 Å². The van der Waals surface area contributed by atoms with Crippen LogP contribution in [-0.4, -0.2) is 20.2 Å². The summed E-state index contributed by atoms with van der Waals surface area (Å²) in [6.07, 6.45) is 0. The molecule has 0 bridgehead atoms. The van der Waals surface area contributed by atoms with Gasteiger partial charge in [0.2, 0.25) is 0 Å². The SMILES string of the molecule is COc1ccc(OC)c(COC(=O)c2ccccc2OCc2ccc(F)cc2)c1. The molecular formula is C23H21FO5. The smallest absolute Gasteiger partial charge is 0.342 e. The third kappa shape index (κ3) is 5.25. The van der Waals surface area contributed by atoms with Crippen molar-refractivity contribution in [1.29, 1.82) is 0 Å². The molecule has 0 fully saturated rings. The van der Waals surface area contributed by atoms with Gasteiger partial charge in [-0.1, -0.05) is 24.3 Å². The Labute approximate surface area is 168 Å². The molecule has 0 amide bonds. The number of ether oxygens (including phenoxy) is 4. The number of hydrogen-bond acceptors (Lipinski definition) is 5. The number of rotatable bonds is 8. The quantitative estimate of drug-likeness (QED) is 0.513. The molecule has 0 N–H and O–H groups in total. The van der Waals surface area contributed by atoms with Gasteiger partial charge < -0.3 is 18.9 Å². The molecule has 29 heavy (non-hydrogen) atoms. The zero-order valence-electron chi connectivity index (χ0n) is 16.2. The highest BCUT2D eigenvalue weighted by molar-refractivity contribution is 5.92. The van der Waals surface area contributed by atoms with Gasteiger partial charge in [0.15, 0.2) is 0 Å². The summed E-state index contributed by atoms with van der Waals surface area (Å²) >= 11 is 0. The van der Waals surface area contributed by atoms with E-state index in [9.17, 15) is 9.18 Å². The Hall–Kier alpha value is -3.54. The van der Waals surface area contributed by atoms with Crippen LogP contribution in [0.2, 0.25) is 0 Å². The second-order valence-corrected chi connectivity index (χ2v) is 6.17. The second-order valence-electron chi connectivity index (χ2n) is 6.17. The molecule has 0 atom stereocenters. The van der Waals surface area contributed by atoms with Gasteiger partial charge in [0, 0.05) is 5.56 Å². The number of halogens is 1. The zero-order valence-corrected chi connectivity index (χ0v) is 16.2. The lowest BCUT2D eigenvalue weighted by molar-refractivity contribution is 0.0464. The van der Waals surface area contributed by atoms with Crippen molar-refractivity contribution in [2.24, 2.45) is 0 Å². The molecule has 150 valence electrons. The van der Waals surface area contributed by atoms with Gasteiger partial charge in [-0.25, -0.2) is 9.18 Å². The van der Waals surface area contributed by atoms with Crippen LogP contribution in [0, 0.1) is 5.82 Å². The fourth-order valence-electron chi connectivity index (χ4n) is 2.72. The van der Waals surface area contributed by atoms with Crippen LogP contribution in [0.5, 0.6) is 17.2 Å². The topological polar surface area (TPSA) is 54.0 Å². The lowest BCUT2D eigenvalue weighted by atomic mass is 10.2. The van der Waals surface area contributed by atoms with Crippen LogP contribution >= 0.6 is 0 Å². The van der Waals surface area contributed by atoms with Crippen molar-refractivity contribution in [3.05, 3.63) is 89.2 Å². The molecule has 6 heteroatoms. The molecule has 0 aliphatic rings.